The molecule has 0 aliphatic rings. The molecule has 0 spiro atoms. The topological polar surface area (TPSA) is 32.3 Å². The molecule has 0 bridgehead atoms. The predicted molar refractivity (Wildman–Crippen MR) is 178 cm³/mol. The molecular formula is C36H56N2O. The summed E-state index contributed by atoms with van der Waals surface area (Å²) in [6.07, 6.45) is 11.2. The number of hydrogen-bond donors (Lipinski definition) is 1. The summed E-state index contributed by atoms with van der Waals surface area (Å²) < 4.78 is 0. The zero-order valence-electron chi connectivity index (χ0n) is 25.4. The molecule has 3 rings (SSSR count). The molecule has 216 valence electrons. The highest BCUT2D eigenvalue weighted by Gasteiger charge is 2.19. The molecule has 0 aliphatic heterocycles. The van der Waals surface area contributed by atoms with Crippen molar-refractivity contribution in [2.45, 2.75) is 91.6 Å². The average molecular weight is 533 g/mol. The van der Waals surface area contributed by atoms with Crippen molar-refractivity contribution < 1.29 is 7.65 Å². The molecule has 3 aromatic rings. The average Bonchev–Trinajstić information content (AvgIpc) is 2.97. The van der Waals surface area contributed by atoms with E-state index in [4.69, 9.17) is 0 Å². The van der Waals surface area contributed by atoms with Crippen LogP contribution in [0.3, 0.4) is 0 Å². The minimum Gasteiger partial charge on any atom is -0.371 e. The molecule has 3 heteroatoms. The molecule has 3 nitrogen and oxygen atoms in total. The standard InChI is InChI=1S/C31H40N2O.C3H6.C2H6.2H2/c1-5-8-9-22-30(29-21-13-17-24-16-10-11-20-28(24)29)32-31(34)25-18-12-19-27(23-25)33(4)26(14-6-2)15-7-3;1-3-2;1-2;;/h6,10-13,16-21,23,26,30H,2,5,7-9,14-15,22H2,1,3-4H3,(H,32,34);3H,1H2,2H3;1-2H3;2*1H/t26?,30-;;;;/m1..../s1. The van der Waals surface area contributed by atoms with Gasteiger partial charge in [-0.15, -0.1) is 13.2 Å². The Morgan fingerprint density at radius 2 is 1.62 bits per heavy atom. The first kappa shape index (κ1) is 33.7. The number of anilines is 1. The lowest BCUT2D eigenvalue weighted by molar-refractivity contribution is 0.0934. The van der Waals surface area contributed by atoms with Crippen LogP contribution >= 0.6 is 0 Å². The van der Waals surface area contributed by atoms with Gasteiger partial charge in [-0.3, -0.25) is 4.79 Å². The second kappa shape index (κ2) is 19.7. The Labute approximate surface area is 242 Å². The molecular weight excluding hydrogens is 476 g/mol. The van der Waals surface area contributed by atoms with Gasteiger partial charge in [0.1, 0.15) is 0 Å². The van der Waals surface area contributed by atoms with Crippen LogP contribution in [0, 0.1) is 0 Å². The molecule has 1 amide bonds. The number of nitrogens with one attached hydrogen (secondary N) is 1. The third-order valence-corrected chi connectivity index (χ3v) is 6.72. The first-order valence-electron chi connectivity index (χ1n) is 14.8. The summed E-state index contributed by atoms with van der Waals surface area (Å²) in [5.74, 6) is -0.0135. The van der Waals surface area contributed by atoms with Gasteiger partial charge < -0.3 is 10.2 Å². The maximum atomic E-state index is 13.4. The lowest BCUT2D eigenvalue weighted by Crippen LogP contribution is -2.32. The van der Waals surface area contributed by atoms with Gasteiger partial charge in [0, 0.05) is 27.2 Å². The fraction of sp³-hybridized carbons (Fsp3) is 0.417. The van der Waals surface area contributed by atoms with Crippen molar-refractivity contribution in [2.24, 2.45) is 0 Å². The molecule has 0 heterocycles. The third-order valence-electron chi connectivity index (χ3n) is 6.72. The van der Waals surface area contributed by atoms with Gasteiger partial charge in [-0.1, -0.05) is 114 Å². The summed E-state index contributed by atoms with van der Waals surface area (Å²) in [7, 11) is 2.12. The minimum absolute atomic E-state index is 0. The predicted octanol–water partition coefficient (Wildman–Crippen LogP) is 10.8. The lowest BCUT2D eigenvalue weighted by atomic mass is 9.94. The van der Waals surface area contributed by atoms with E-state index in [1.165, 1.54) is 22.8 Å². The van der Waals surface area contributed by atoms with Crippen LogP contribution in [0.2, 0.25) is 0 Å². The molecule has 0 saturated carbocycles. The fourth-order valence-corrected chi connectivity index (χ4v) is 4.77. The molecule has 0 radical (unpaired) electrons. The smallest absolute Gasteiger partial charge is 0.251 e. The third kappa shape index (κ3) is 10.8. The van der Waals surface area contributed by atoms with Crippen LogP contribution in [0.4, 0.5) is 5.69 Å². The number of carbonyl (C=O) groups is 1. The molecule has 0 fully saturated rings. The van der Waals surface area contributed by atoms with Gasteiger partial charge in [-0.2, -0.15) is 0 Å². The Morgan fingerprint density at radius 1 is 0.949 bits per heavy atom. The van der Waals surface area contributed by atoms with Crippen LogP contribution < -0.4 is 10.2 Å². The van der Waals surface area contributed by atoms with Crippen LogP contribution in [-0.4, -0.2) is 19.0 Å². The zero-order chi connectivity index (χ0) is 29.0. The number of nitrogens with zero attached hydrogens (tertiary/aromatic N) is 1. The SMILES string of the molecule is C=CC.C=CCC(CCC)N(C)c1cccc(C(=O)N[C@H](CCCCC)c2cccc3ccccc23)c1.CC.[HH].[HH]. The van der Waals surface area contributed by atoms with Gasteiger partial charge in [-0.05, 0) is 60.7 Å². The van der Waals surface area contributed by atoms with E-state index in [1.807, 2.05) is 45.0 Å². The van der Waals surface area contributed by atoms with Gasteiger partial charge in [0.15, 0.2) is 0 Å². The van der Waals surface area contributed by atoms with E-state index in [0.717, 1.165) is 44.2 Å². The Bertz CT molecular complexity index is 1130. The summed E-state index contributed by atoms with van der Waals surface area (Å²) in [5.41, 5.74) is 2.98. The highest BCUT2D eigenvalue weighted by Crippen LogP contribution is 2.29. The summed E-state index contributed by atoms with van der Waals surface area (Å²) >= 11 is 0. The number of allylic oxidation sites excluding steroid dienone is 1. The highest BCUT2D eigenvalue weighted by molar-refractivity contribution is 5.96. The van der Waals surface area contributed by atoms with E-state index in [-0.39, 0.29) is 14.8 Å². The van der Waals surface area contributed by atoms with Crippen molar-refractivity contribution in [1.29, 1.82) is 0 Å². The minimum atomic E-state index is -0.0138. The summed E-state index contributed by atoms with van der Waals surface area (Å²) in [6.45, 7) is 17.6. The second-order valence-corrected chi connectivity index (χ2v) is 9.63. The van der Waals surface area contributed by atoms with Gasteiger partial charge >= 0.3 is 0 Å². The van der Waals surface area contributed by atoms with E-state index >= 15 is 0 Å². The molecule has 0 saturated heterocycles. The number of amides is 1. The highest BCUT2D eigenvalue weighted by atomic mass is 16.1. The summed E-state index contributed by atoms with van der Waals surface area (Å²) in [5, 5.41) is 5.80. The Kier molecular flexibility index (Phi) is 17.0. The number of rotatable bonds is 13. The van der Waals surface area contributed by atoms with Gasteiger partial charge in [-0.25, -0.2) is 0 Å². The molecule has 0 aromatic heterocycles. The van der Waals surface area contributed by atoms with Crippen LogP contribution in [0.5, 0.6) is 0 Å². The fourth-order valence-electron chi connectivity index (χ4n) is 4.77. The van der Waals surface area contributed by atoms with Crippen molar-refractivity contribution in [3.8, 4) is 0 Å². The van der Waals surface area contributed by atoms with Crippen molar-refractivity contribution in [1.82, 2.24) is 5.32 Å². The van der Waals surface area contributed by atoms with E-state index < -0.39 is 0 Å². The van der Waals surface area contributed by atoms with E-state index in [9.17, 15) is 4.79 Å². The summed E-state index contributed by atoms with van der Waals surface area (Å²) in [4.78, 5) is 15.7. The maximum Gasteiger partial charge on any atom is 0.251 e. The molecule has 3 aromatic carbocycles. The van der Waals surface area contributed by atoms with Gasteiger partial charge in [0.2, 0.25) is 0 Å². The van der Waals surface area contributed by atoms with Gasteiger partial charge in [0.05, 0.1) is 6.04 Å². The van der Waals surface area contributed by atoms with Gasteiger partial charge in [0.25, 0.3) is 5.91 Å². The van der Waals surface area contributed by atoms with Crippen LogP contribution in [0.15, 0.2) is 92.0 Å². The number of benzene rings is 3. The zero-order valence-corrected chi connectivity index (χ0v) is 25.4. The van der Waals surface area contributed by atoms with Crippen LogP contribution in [0.1, 0.15) is 104 Å². The van der Waals surface area contributed by atoms with Crippen LogP contribution in [0.25, 0.3) is 10.8 Å². The Balaban J connectivity index is 0. The van der Waals surface area contributed by atoms with Crippen molar-refractivity contribution in [2.75, 3.05) is 11.9 Å². The van der Waals surface area contributed by atoms with E-state index in [2.05, 4.69) is 92.8 Å². The van der Waals surface area contributed by atoms with Crippen molar-refractivity contribution in [3.05, 3.63) is 103 Å². The first-order valence-corrected chi connectivity index (χ1v) is 14.8. The van der Waals surface area contributed by atoms with E-state index in [0.29, 0.717) is 11.6 Å². The molecule has 2 atom stereocenters. The van der Waals surface area contributed by atoms with Crippen molar-refractivity contribution >= 4 is 22.4 Å². The largest absolute Gasteiger partial charge is 0.371 e. The number of fused-ring (bicyclic) bond motifs is 1. The normalized spacial score (nSPS) is 11.6. The molecule has 1 unspecified atom stereocenters. The maximum absolute atomic E-state index is 13.4. The van der Waals surface area contributed by atoms with Crippen LogP contribution in [-0.2, 0) is 0 Å². The Hall–Kier alpha value is -3.33. The number of hydrogen-bond acceptors (Lipinski definition) is 2. The molecule has 1 N–H and O–H groups in total. The number of carbonyl (C=O) groups excluding carboxylic acids is 1. The first-order chi connectivity index (χ1) is 19.0. The quantitative estimate of drug-likeness (QED) is 0.175. The molecule has 0 aliphatic carbocycles. The number of unbranched alkanes of at least 4 members (excludes halogenated alkanes) is 2. The second-order valence-electron chi connectivity index (χ2n) is 9.63. The molecule has 39 heavy (non-hydrogen) atoms. The Morgan fingerprint density at radius 3 is 2.28 bits per heavy atom. The van der Waals surface area contributed by atoms with Crippen molar-refractivity contribution in [3.63, 3.8) is 0 Å². The lowest BCUT2D eigenvalue weighted by Gasteiger charge is -2.29. The summed E-state index contributed by atoms with van der Waals surface area (Å²) in [6, 6.07) is 23.2. The monoisotopic (exact) mass is 532 g/mol. The van der Waals surface area contributed by atoms with E-state index in [1.54, 1.807) is 6.08 Å².